The van der Waals surface area contributed by atoms with Gasteiger partial charge in [-0.2, -0.15) is 5.26 Å². The number of nitriles is 1. The number of rotatable bonds is 3. The lowest BCUT2D eigenvalue weighted by Gasteiger charge is -2.36. The van der Waals surface area contributed by atoms with Gasteiger partial charge in [0.15, 0.2) is 0 Å². The molecule has 0 spiro atoms. The standard InChI is InChI=1S/C15H18N2O2/c1-19-15(18)13-7-9-17(10-8-16)11-14(13)12-5-3-2-4-6-12/h2-6,13-14H,7,9-11H2,1H3. The van der Waals surface area contributed by atoms with Crippen molar-refractivity contribution in [3.63, 3.8) is 0 Å². The first-order chi connectivity index (χ1) is 9.26. The second-order valence-electron chi connectivity index (χ2n) is 4.83. The second kappa shape index (κ2) is 6.35. The Bertz CT molecular complexity index is 467. The Morgan fingerprint density at radius 3 is 2.84 bits per heavy atom. The molecule has 0 radical (unpaired) electrons. The molecule has 1 heterocycles. The molecule has 0 N–H and O–H groups in total. The lowest BCUT2D eigenvalue weighted by atomic mass is 9.80. The van der Waals surface area contributed by atoms with Crippen LogP contribution in [-0.4, -0.2) is 37.6 Å². The smallest absolute Gasteiger partial charge is 0.309 e. The van der Waals surface area contributed by atoms with Crippen LogP contribution in [0.5, 0.6) is 0 Å². The molecule has 0 saturated carbocycles. The van der Waals surface area contributed by atoms with E-state index in [-0.39, 0.29) is 17.8 Å². The van der Waals surface area contributed by atoms with Crippen molar-refractivity contribution >= 4 is 5.97 Å². The number of methoxy groups -OCH3 is 1. The second-order valence-corrected chi connectivity index (χ2v) is 4.83. The van der Waals surface area contributed by atoms with E-state index in [9.17, 15) is 4.79 Å². The van der Waals surface area contributed by atoms with Gasteiger partial charge >= 0.3 is 5.97 Å². The molecule has 4 heteroatoms. The number of carbonyl (C=O) groups excluding carboxylic acids is 1. The van der Waals surface area contributed by atoms with Gasteiger partial charge < -0.3 is 4.74 Å². The van der Waals surface area contributed by atoms with Crippen LogP contribution >= 0.6 is 0 Å². The number of ether oxygens (including phenoxy) is 1. The van der Waals surface area contributed by atoms with Crippen LogP contribution in [0.1, 0.15) is 17.9 Å². The number of piperidine rings is 1. The maximum Gasteiger partial charge on any atom is 0.309 e. The minimum absolute atomic E-state index is 0.107. The molecule has 1 fully saturated rings. The molecular formula is C15H18N2O2. The molecule has 1 aromatic carbocycles. The number of carbonyl (C=O) groups is 1. The molecule has 1 aromatic rings. The first-order valence-corrected chi connectivity index (χ1v) is 6.48. The largest absolute Gasteiger partial charge is 0.469 e. The van der Waals surface area contributed by atoms with Crippen molar-refractivity contribution in [2.75, 3.05) is 26.7 Å². The minimum Gasteiger partial charge on any atom is -0.469 e. The van der Waals surface area contributed by atoms with Gasteiger partial charge in [-0.3, -0.25) is 9.69 Å². The fourth-order valence-electron chi connectivity index (χ4n) is 2.73. The summed E-state index contributed by atoms with van der Waals surface area (Å²) in [5, 5.41) is 8.81. The molecule has 1 aliphatic heterocycles. The van der Waals surface area contributed by atoms with E-state index in [0.717, 1.165) is 25.1 Å². The van der Waals surface area contributed by atoms with Crippen LogP contribution < -0.4 is 0 Å². The Morgan fingerprint density at radius 2 is 2.21 bits per heavy atom. The van der Waals surface area contributed by atoms with E-state index < -0.39 is 0 Å². The highest BCUT2D eigenvalue weighted by Crippen LogP contribution is 2.33. The van der Waals surface area contributed by atoms with Gasteiger partial charge in [0, 0.05) is 19.0 Å². The van der Waals surface area contributed by atoms with E-state index in [1.165, 1.54) is 7.11 Å². The van der Waals surface area contributed by atoms with Gasteiger partial charge in [-0.1, -0.05) is 30.3 Å². The molecule has 1 saturated heterocycles. The van der Waals surface area contributed by atoms with Crippen LogP contribution in [0.4, 0.5) is 0 Å². The van der Waals surface area contributed by atoms with Crippen LogP contribution in [0.15, 0.2) is 30.3 Å². The molecule has 2 unspecified atom stereocenters. The van der Waals surface area contributed by atoms with E-state index >= 15 is 0 Å². The Balaban J connectivity index is 2.21. The van der Waals surface area contributed by atoms with Gasteiger partial charge in [0.2, 0.25) is 0 Å². The monoisotopic (exact) mass is 258 g/mol. The zero-order valence-corrected chi connectivity index (χ0v) is 11.1. The summed E-state index contributed by atoms with van der Waals surface area (Å²) < 4.78 is 4.91. The fourth-order valence-corrected chi connectivity index (χ4v) is 2.73. The van der Waals surface area contributed by atoms with Crippen molar-refractivity contribution in [1.82, 2.24) is 4.90 Å². The summed E-state index contributed by atoms with van der Waals surface area (Å²) in [6.07, 6.45) is 0.744. The summed E-state index contributed by atoms with van der Waals surface area (Å²) in [5.41, 5.74) is 1.14. The Hall–Kier alpha value is -1.86. The van der Waals surface area contributed by atoms with Crippen LogP contribution in [-0.2, 0) is 9.53 Å². The fraction of sp³-hybridized carbons (Fsp3) is 0.467. The van der Waals surface area contributed by atoms with Gasteiger partial charge in [0.1, 0.15) is 0 Å². The van der Waals surface area contributed by atoms with Gasteiger partial charge in [0.05, 0.1) is 25.6 Å². The number of nitrogens with zero attached hydrogens (tertiary/aromatic N) is 2. The zero-order valence-electron chi connectivity index (χ0n) is 11.1. The molecule has 0 aliphatic carbocycles. The van der Waals surface area contributed by atoms with Crippen molar-refractivity contribution in [1.29, 1.82) is 5.26 Å². The molecule has 2 atom stereocenters. The minimum atomic E-state index is -0.148. The first kappa shape index (κ1) is 13.6. The average molecular weight is 258 g/mol. The van der Waals surface area contributed by atoms with Gasteiger partial charge in [0.25, 0.3) is 0 Å². The molecule has 4 nitrogen and oxygen atoms in total. The summed E-state index contributed by atoms with van der Waals surface area (Å²) in [6, 6.07) is 12.2. The highest BCUT2D eigenvalue weighted by molar-refractivity contribution is 5.73. The molecule has 2 rings (SSSR count). The number of hydrogen-bond donors (Lipinski definition) is 0. The maximum absolute atomic E-state index is 11.9. The number of esters is 1. The Kier molecular flexibility index (Phi) is 4.53. The summed E-state index contributed by atoms with van der Waals surface area (Å²) in [5.74, 6) is -0.149. The van der Waals surface area contributed by atoms with Crippen LogP contribution in [0.25, 0.3) is 0 Å². The van der Waals surface area contributed by atoms with Crippen molar-refractivity contribution in [3.05, 3.63) is 35.9 Å². The molecule has 1 aliphatic rings. The maximum atomic E-state index is 11.9. The third kappa shape index (κ3) is 3.12. The SMILES string of the molecule is COC(=O)C1CCN(CC#N)CC1c1ccccc1. The Labute approximate surface area is 113 Å². The van der Waals surface area contributed by atoms with Crippen molar-refractivity contribution in [3.8, 4) is 6.07 Å². The third-order valence-corrected chi connectivity index (χ3v) is 3.72. The van der Waals surface area contributed by atoms with Crippen molar-refractivity contribution < 1.29 is 9.53 Å². The normalized spacial score (nSPS) is 23.6. The highest BCUT2D eigenvalue weighted by Gasteiger charge is 2.35. The Morgan fingerprint density at radius 1 is 1.47 bits per heavy atom. The molecule has 0 amide bonds. The van der Waals surface area contributed by atoms with E-state index in [1.54, 1.807) is 0 Å². The van der Waals surface area contributed by atoms with Crippen LogP contribution in [0.3, 0.4) is 0 Å². The number of hydrogen-bond acceptors (Lipinski definition) is 4. The topological polar surface area (TPSA) is 53.3 Å². The average Bonchev–Trinajstić information content (AvgIpc) is 2.47. The van der Waals surface area contributed by atoms with Gasteiger partial charge in [-0.25, -0.2) is 0 Å². The summed E-state index contributed by atoms with van der Waals surface area (Å²) in [6.45, 7) is 1.92. The first-order valence-electron chi connectivity index (χ1n) is 6.48. The lowest BCUT2D eigenvalue weighted by molar-refractivity contribution is -0.147. The van der Waals surface area contributed by atoms with E-state index in [1.807, 2.05) is 30.3 Å². The van der Waals surface area contributed by atoms with Crippen LogP contribution in [0.2, 0.25) is 0 Å². The molecule has 0 aromatic heterocycles. The number of likely N-dealkylation sites (tertiary alicyclic amines) is 1. The quantitative estimate of drug-likeness (QED) is 0.612. The molecule has 100 valence electrons. The summed E-state index contributed by atoms with van der Waals surface area (Å²) >= 11 is 0. The van der Waals surface area contributed by atoms with E-state index in [2.05, 4.69) is 11.0 Å². The predicted octanol–water partition coefficient (Wildman–Crippen LogP) is 1.79. The third-order valence-electron chi connectivity index (χ3n) is 3.72. The lowest BCUT2D eigenvalue weighted by Crippen LogP contribution is -2.42. The highest BCUT2D eigenvalue weighted by atomic mass is 16.5. The number of benzene rings is 1. The van der Waals surface area contributed by atoms with Crippen molar-refractivity contribution in [2.24, 2.45) is 5.92 Å². The molecule has 19 heavy (non-hydrogen) atoms. The predicted molar refractivity (Wildman–Crippen MR) is 71.4 cm³/mol. The van der Waals surface area contributed by atoms with E-state index in [4.69, 9.17) is 10.00 Å². The van der Waals surface area contributed by atoms with E-state index in [0.29, 0.717) is 6.54 Å². The van der Waals surface area contributed by atoms with Crippen LogP contribution in [0, 0.1) is 17.2 Å². The summed E-state index contributed by atoms with van der Waals surface area (Å²) in [7, 11) is 1.44. The van der Waals surface area contributed by atoms with Gasteiger partial charge in [-0.05, 0) is 12.0 Å². The summed E-state index contributed by atoms with van der Waals surface area (Å²) in [4.78, 5) is 14.0. The van der Waals surface area contributed by atoms with Gasteiger partial charge in [-0.15, -0.1) is 0 Å². The molecule has 0 bridgehead atoms. The van der Waals surface area contributed by atoms with Crippen molar-refractivity contribution in [2.45, 2.75) is 12.3 Å². The molecular weight excluding hydrogens is 240 g/mol. The zero-order chi connectivity index (χ0) is 13.7.